The monoisotopic (exact) mass is 165 g/mol. The van der Waals surface area contributed by atoms with Crippen LogP contribution in [0.3, 0.4) is 0 Å². The number of aromatic amines is 1. The molecule has 1 aromatic heterocycles. The van der Waals surface area contributed by atoms with Crippen LogP contribution >= 0.6 is 7.57 Å². The quantitative estimate of drug-likeness (QED) is 0.650. The Bertz CT molecular complexity index is 437. The summed E-state index contributed by atoms with van der Waals surface area (Å²) in [7, 11) is -1.47. The normalized spacial score (nSPS) is 11.8. The van der Waals surface area contributed by atoms with E-state index < -0.39 is 7.57 Å². The molecule has 4 heteroatoms. The first-order valence-electron chi connectivity index (χ1n) is 3.23. The average molecular weight is 165 g/mol. The molecule has 1 N–H and O–H groups in total. The van der Waals surface area contributed by atoms with Crippen LogP contribution in [0.1, 0.15) is 0 Å². The topological polar surface area (TPSA) is 45.8 Å². The molecule has 0 saturated carbocycles. The van der Waals surface area contributed by atoms with E-state index in [0.717, 1.165) is 10.9 Å². The number of rotatable bonds is 0. The van der Waals surface area contributed by atoms with Gasteiger partial charge in [-0.2, -0.15) is 0 Å². The number of H-pyrrole nitrogens is 1. The Kier molecular flexibility index (Phi) is 1.44. The van der Waals surface area contributed by atoms with Gasteiger partial charge >= 0.3 is 7.57 Å². The Morgan fingerprint density at radius 2 is 2.18 bits per heavy atom. The molecular formula is C7H6N2OP+. The lowest BCUT2D eigenvalue weighted by atomic mass is 10.3. The molecule has 0 saturated heterocycles. The third kappa shape index (κ3) is 1.15. The predicted molar refractivity (Wildman–Crippen MR) is 43.7 cm³/mol. The summed E-state index contributed by atoms with van der Waals surface area (Å²) < 4.78 is 10.9. The molecule has 1 aromatic carbocycles. The highest BCUT2D eigenvalue weighted by Crippen LogP contribution is 2.15. The van der Waals surface area contributed by atoms with Crippen molar-refractivity contribution in [3.63, 3.8) is 0 Å². The van der Waals surface area contributed by atoms with Crippen LogP contribution in [0.2, 0.25) is 0 Å². The van der Waals surface area contributed by atoms with Gasteiger partial charge in [0.2, 0.25) is 0 Å². The minimum atomic E-state index is -1.47. The minimum absolute atomic E-state index is 0.849. The van der Waals surface area contributed by atoms with Crippen LogP contribution in [-0.2, 0) is 4.57 Å². The van der Waals surface area contributed by atoms with Crippen molar-refractivity contribution in [1.29, 1.82) is 0 Å². The average Bonchev–Trinajstić information content (AvgIpc) is 2.04. The number of para-hydroxylation sites is 1. The maximum absolute atomic E-state index is 10.9. The molecule has 0 aliphatic heterocycles. The molecule has 0 fully saturated rings. The first-order valence-corrected chi connectivity index (χ1v) is 4.56. The zero-order chi connectivity index (χ0) is 7.68. The Hall–Kier alpha value is -1.21. The summed E-state index contributed by atoms with van der Waals surface area (Å²) in [6.45, 7) is 0. The van der Waals surface area contributed by atoms with Crippen molar-refractivity contribution in [3.8, 4) is 0 Å². The van der Waals surface area contributed by atoms with Crippen LogP contribution in [-0.4, -0.2) is 9.96 Å². The van der Waals surface area contributed by atoms with Crippen molar-refractivity contribution in [2.24, 2.45) is 0 Å². The summed E-state index contributed by atoms with van der Waals surface area (Å²) in [5.74, 6) is 1.68. The molecule has 1 unspecified atom stereocenters. The smallest absolute Gasteiger partial charge is 0.136 e. The van der Waals surface area contributed by atoms with Gasteiger partial charge in [-0.3, -0.25) is 0 Å². The molecule has 3 nitrogen and oxygen atoms in total. The predicted octanol–water partition coefficient (Wildman–Crippen LogP) is 2.31. The van der Waals surface area contributed by atoms with Crippen LogP contribution in [0.5, 0.6) is 0 Å². The van der Waals surface area contributed by atoms with Crippen LogP contribution in [0.15, 0.2) is 30.1 Å². The van der Waals surface area contributed by atoms with Crippen molar-refractivity contribution in [1.82, 2.24) is 9.96 Å². The molecule has 1 atom stereocenters. The first kappa shape index (κ1) is 6.50. The highest BCUT2D eigenvalue weighted by atomic mass is 31.1. The lowest BCUT2D eigenvalue weighted by Crippen LogP contribution is -1.76. The minimum Gasteiger partial charge on any atom is -0.136 e. The second kappa shape index (κ2) is 2.44. The number of nitrogens with one attached hydrogen (secondary N) is 1. The van der Waals surface area contributed by atoms with E-state index in [-0.39, 0.29) is 0 Å². The van der Waals surface area contributed by atoms with E-state index in [4.69, 9.17) is 0 Å². The molecular weight excluding hydrogens is 159 g/mol. The number of hydrogen-bond acceptors (Lipinski definition) is 2. The van der Waals surface area contributed by atoms with E-state index >= 15 is 0 Å². The van der Waals surface area contributed by atoms with Crippen molar-refractivity contribution in [2.75, 3.05) is 0 Å². The molecule has 0 radical (unpaired) electrons. The van der Waals surface area contributed by atoms with Gasteiger partial charge < -0.3 is 0 Å². The van der Waals surface area contributed by atoms with E-state index in [1.165, 1.54) is 0 Å². The number of aromatic nitrogens is 2. The van der Waals surface area contributed by atoms with Gasteiger partial charge in [0.1, 0.15) is 0 Å². The molecule has 2 aromatic rings. The standard InChI is InChI=1S/C7H6N2OP/c10-11-5-6-3-1-2-4-7(6)8-9-11/h1-5H,(H,9,10)/q+1. The van der Waals surface area contributed by atoms with Crippen LogP contribution in [0.4, 0.5) is 0 Å². The van der Waals surface area contributed by atoms with Crippen molar-refractivity contribution in [3.05, 3.63) is 30.1 Å². The summed E-state index contributed by atoms with van der Waals surface area (Å²) in [4.78, 5) is 2.52. The van der Waals surface area contributed by atoms with E-state index in [0.29, 0.717) is 0 Å². The fraction of sp³-hybridized carbons (Fsp3) is 0. The summed E-state index contributed by atoms with van der Waals surface area (Å²) in [6.07, 6.45) is 0. The van der Waals surface area contributed by atoms with Gasteiger partial charge in [0.25, 0.3) is 0 Å². The summed E-state index contributed by atoms with van der Waals surface area (Å²) in [6, 6.07) is 7.57. The SMILES string of the molecule is O=[p+]1cc2ccccc2n[nH]1. The molecule has 1 heterocycles. The Morgan fingerprint density at radius 1 is 1.36 bits per heavy atom. The molecule has 0 bridgehead atoms. The third-order valence-corrected chi connectivity index (χ3v) is 2.27. The lowest BCUT2D eigenvalue weighted by Gasteiger charge is -1.86. The Balaban J connectivity index is 2.94. The molecule has 0 spiro atoms. The maximum Gasteiger partial charge on any atom is 0.509 e. The molecule has 54 valence electrons. The lowest BCUT2D eigenvalue weighted by molar-refractivity contribution is 0.595. The number of fused-ring (bicyclic) bond motifs is 1. The van der Waals surface area contributed by atoms with Crippen LogP contribution < -0.4 is 0 Å². The highest BCUT2D eigenvalue weighted by molar-refractivity contribution is 7.31. The van der Waals surface area contributed by atoms with Gasteiger partial charge in [-0.25, -0.2) is 0 Å². The molecule has 11 heavy (non-hydrogen) atoms. The molecule has 0 aliphatic carbocycles. The Morgan fingerprint density at radius 3 is 3.09 bits per heavy atom. The second-order valence-corrected chi connectivity index (χ2v) is 3.34. The zero-order valence-electron chi connectivity index (χ0n) is 5.69. The summed E-state index contributed by atoms with van der Waals surface area (Å²) in [5.41, 5.74) is 0.849. The van der Waals surface area contributed by atoms with Gasteiger partial charge in [-0.15, -0.1) is 5.10 Å². The zero-order valence-corrected chi connectivity index (χ0v) is 6.58. The maximum atomic E-state index is 10.9. The van der Waals surface area contributed by atoms with Gasteiger partial charge in [0.05, 0.1) is 10.9 Å². The Labute approximate surface area is 63.9 Å². The number of benzene rings is 1. The van der Waals surface area contributed by atoms with Gasteiger partial charge in [0.15, 0.2) is 5.80 Å². The third-order valence-electron chi connectivity index (χ3n) is 1.46. The largest absolute Gasteiger partial charge is 0.509 e. The van der Waals surface area contributed by atoms with Crippen molar-refractivity contribution in [2.45, 2.75) is 0 Å². The molecule has 2 rings (SSSR count). The van der Waals surface area contributed by atoms with Gasteiger partial charge in [-0.1, -0.05) is 17.0 Å². The second-order valence-electron chi connectivity index (χ2n) is 2.23. The van der Waals surface area contributed by atoms with Crippen LogP contribution in [0.25, 0.3) is 10.9 Å². The first-order chi connectivity index (χ1) is 5.36. The van der Waals surface area contributed by atoms with Gasteiger partial charge in [0, 0.05) is 0 Å². The summed E-state index contributed by atoms with van der Waals surface area (Å²) >= 11 is 0. The molecule has 0 amide bonds. The molecule has 0 aliphatic rings. The fourth-order valence-electron chi connectivity index (χ4n) is 0.957. The highest BCUT2D eigenvalue weighted by Gasteiger charge is 1.99. The van der Waals surface area contributed by atoms with E-state index in [1.54, 1.807) is 5.80 Å². The van der Waals surface area contributed by atoms with Gasteiger partial charge in [-0.05, 0) is 16.7 Å². The van der Waals surface area contributed by atoms with Crippen molar-refractivity contribution < 1.29 is 4.57 Å². The van der Waals surface area contributed by atoms with Crippen molar-refractivity contribution >= 4 is 18.5 Å². The summed E-state index contributed by atoms with van der Waals surface area (Å²) in [5, 5.41) is 4.85. The van der Waals surface area contributed by atoms with Crippen LogP contribution in [0, 0.1) is 0 Å². The van der Waals surface area contributed by atoms with E-state index in [9.17, 15) is 4.57 Å². The van der Waals surface area contributed by atoms with E-state index in [2.05, 4.69) is 9.96 Å². The number of hydrogen-bond donors (Lipinski definition) is 1. The fourth-order valence-corrected chi connectivity index (χ4v) is 1.69. The number of nitrogens with zero attached hydrogens (tertiary/aromatic N) is 1. The van der Waals surface area contributed by atoms with E-state index in [1.807, 2.05) is 24.3 Å².